The molecule has 0 saturated carbocycles. The van der Waals surface area contributed by atoms with E-state index in [9.17, 15) is 14.4 Å². The summed E-state index contributed by atoms with van der Waals surface area (Å²) >= 11 is 0. The van der Waals surface area contributed by atoms with Gasteiger partial charge in [-0.2, -0.15) is 0 Å². The number of ether oxygens (including phenoxy) is 1. The van der Waals surface area contributed by atoms with Crippen LogP contribution in [0.5, 0.6) is 0 Å². The van der Waals surface area contributed by atoms with E-state index < -0.39 is 6.04 Å². The molecule has 7 nitrogen and oxygen atoms in total. The number of Topliss-reactive ketones (excluding diaryl/α,β-unsaturated/α-hetero) is 1. The van der Waals surface area contributed by atoms with E-state index in [0.717, 1.165) is 6.54 Å². The molecule has 0 heterocycles. The molecule has 0 rings (SSSR count). The minimum Gasteiger partial charge on any atom is -0.377 e. The molecule has 0 aliphatic carbocycles. The van der Waals surface area contributed by atoms with Gasteiger partial charge in [-0.15, -0.1) is 0 Å². The molecule has 0 spiro atoms. The molecule has 3 N–H and O–H groups in total. The molecular formula is C16H31N3O4. The van der Waals surface area contributed by atoms with Crippen LogP contribution in [0.4, 0.5) is 0 Å². The Labute approximate surface area is 138 Å². The number of hydrogen-bond acceptors (Lipinski definition) is 5. The van der Waals surface area contributed by atoms with E-state index >= 15 is 0 Å². The SMILES string of the molecule is CC(=O)NC(CCC(CC(C)C(N)=O)OCCN(C)C)C(C)=O. The quantitative estimate of drug-likeness (QED) is 0.537. The van der Waals surface area contributed by atoms with Crippen molar-refractivity contribution in [2.75, 3.05) is 27.2 Å². The summed E-state index contributed by atoms with van der Waals surface area (Å²) in [5, 5.41) is 2.64. The molecule has 23 heavy (non-hydrogen) atoms. The summed E-state index contributed by atoms with van der Waals surface area (Å²) in [5.41, 5.74) is 5.32. The Kier molecular flexibility index (Phi) is 10.4. The monoisotopic (exact) mass is 329 g/mol. The molecule has 0 radical (unpaired) electrons. The highest BCUT2D eigenvalue weighted by molar-refractivity contribution is 5.86. The second-order valence-corrected chi connectivity index (χ2v) is 6.28. The highest BCUT2D eigenvalue weighted by atomic mass is 16.5. The summed E-state index contributed by atoms with van der Waals surface area (Å²) in [6.07, 6.45) is 1.39. The number of carbonyl (C=O) groups excluding carboxylic acids is 3. The van der Waals surface area contributed by atoms with Crippen LogP contribution in [0.2, 0.25) is 0 Å². The van der Waals surface area contributed by atoms with Crippen LogP contribution < -0.4 is 11.1 Å². The Morgan fingerprint density at radius 2 is 1.78 bits per heavy atom. The molecule has 0 fully saturated rings. The average Bonchev–Trinajstić information content (AvgIpc) is 2.41. The first-order chi connectivity index (χ1) is 10.6. The Hall–Kier alpha value is -1.47. The van der Waals surface area contributed by atoms with Crippen molar-refractivity contribution >= 4 is 17.6 Å². The Morgan fingerprint density at radius 3 is 2.22 bits per heavy atom. The third kappa shape index (κ3) is 10.8. The van der Waals surface area contributed by atoms with Crippen LogP contribution in [0.3, 0.4) is 0 Å². The van der Waals surface area contributed by atoms with E-state index in [-0.39, 0.29) is 29.6 Å². The van der Waals surface area contributed by atoms with Gasteiger partial charge >= 0.3 is 0 Å². The summed E-state index contributed by atoms with van der Waals surface area (Å²) in [6.45, 7) is 5.91. The lowest BCUT2D eigenvalue weighted by molar-refractivity contribution is -0.126. The lowest BCUT2D eigenvalue weighted by Crippen LogP contribution is -2.39. The lowest BCUT2D eigenvalue weighted by atomic mass is 9.97. The van der Waals surface area contributed by atoms with Gasteiger partial charge in [0.2, 0.25) is 11.8 Å². The molecule has 3 unspecified atom stereocenters. The maximum absolute atomic E-state index is 11.6. The first kappa shape index (κ1) is 21.5. The predicted octanol–water partition coefficient (Wildman–Crippen LogP) is 0.319. The van der Waals surface area contributed by atoms with E-state index in [2.05, 4.69) is 5.32 Å². The van der Waals surface area contributed by atoms with Crippen molar-refractivity contribution in [3.8, 4) is 0 Å². The van der Waals surface area contributed by atoms with Crippen molar-refractivity contribution < 1.29 is 19.1 Å². The lowest BCUT2D eigenvalue weighted by Gasteiger charge is -2.23. The molecule has 0 aromatic heterocycles. The fourth-order valence-electron chi connectivity index (χ4n) is 2.16. The van der Waals surface area contributed by atoms with Crippen molar-refractivity contribution in [2.24, 2.45) is 11.7 Å². The molecule has 0 bridgehead atoms. The zero-order valence-corrected chi connectivity index (χ0v) is 14.9. The first-order valence-electron chi connectivity index (χ1n) is 7.96. The molecule has 2 amide bonds. The summed E-state index contributed by atoms with van der Waals surface area (Å²) < 4.78 is 5.84. The first-order valence-corrected chi connectivity index (χ1v) is 7.96. The summed E-state index contributed by atoms with van der Waals surface area (Å²) in [6, 6.07) is -0.517. The Morgan fingerprint density at radius 1 is 1.17 bits per heavy atom. The van der Waals surface area contributed by atoms with Gasteiger partial charge in [0.05, 0.1) is 18.8 Å². The molecular weight excluding hydrogens is 298 g/mol. The van der Waals surface area contributed by atoms with E-state index in [4.69, 9.17) is 10.5 Å². The van der Waals surface area contributed by atoms with Crippen LogP contribution in [-0.2, 0) is 19.1 Å². The Balaban J connectivity index is 4.60. The third-order valence-electron chi connectivity index (χ3n) is 3.64. The predicted molar refractivity (Wildman–Crippen MR) is 88.8 cm³/mol. The van der Waals surface area contributed by atoms with Crippen molar-refractivity contribution in [3.05, 3.63) is 0 Å². The van der Waals surface area contributed by atoms with E-state index in [1.54, 1.807) is 6.92 Å². The van der Waals surface area contributed by atoms with Gasteiger partial charge < -0.3 is 20.7 Å². The van der Waals surface area contributed by atoms with Crippen LogP contribution >= 0.6 is 0 Å². The summed E-state index contributed by atoms with van der Waals surface area (Å²) in [4.78, 5) is 36.0. The number of nitrogens with zero attached hydrogens (tertiary/aromatic N) is 1. The van der Waals surface area contributed by atoms with Gasteiger partial charge in [0.1, 0.15) is 0 Å². The Bertz CT molecular complexity index is 399. The number of hydrogen-bond donors (Lipinski definition) is 2. The van der Waals surface area contributed by atoms with Crippen LogP contribution in [0, 0.1) is 5.92 Å². The number of nitrogens with two attached hydrogens (primary N) is 1. The van der Waals surface area contributed by atoms with E-state index in [1.807, 2.05) is 19.0 Å². The number of ketones is 1. The number of amides is 2. The normalized spacial score (nSPS) is 15.0. The van der Waals surface area contributed by atoms with Crippen LogP contribution in [-0.4, -0.2) is 61.9 Å². The standard InChI is InChI=1S/C16H31N3O4/c1-11(16(17)22)10-14(23-9-8-19(4)5)6-7-15(12(2)20)18-13(3)21/h11,14-15H,6-10H2,1-5H3,(H2,17,22)(H,18,21). The van der Waals surface area contributed by atoms with Gasteiger partial charge in [-0.3, -0.25) is 14.4 Å². The molecule has 0 aliphatic rings. The number of nitrogens with one attached hydrogen (secondary N) is 1. The number of likely N-dealkylation sites (N-methyl/N-ethyl adjacent to an activating group) is 1. The topological polar surface area (TPSA) is 102 Å². The van der Waals surface area contributed by atoms with Gasteiger partial charge in [-0.1, -0.05) is 6.92 Å². The van der Waals surface area contributed by atoms with E-state index in [1.165, 1.54) is 13.8 Å². The van der Waals surface area contributed by atoms with Crippen molar-refractivity contribution in [3.63, 3.8) is 0 Å². The number of carbonyl (C=O) groups is 3. The van der Waals surface area contributed by atoms with Gasteiger partial charge in [-0.25, -0.2) is 0 Å². The van der Waals surface area contributed by atoms with Crippen LogP contribution in [0.15, 0.2) is 0 Å². The molecule has 0 aliphatic heterocycles. The molecule has 0 saturated heterocycles. The zero-order valence-electron chi connectivity index (χ0n) is 14.9. The fourth-order valence-corrected chi connectivity index (χ4v) is 2.16. The highest BCUT2D eigenvalue weighted by Gasteiger charge is 2.21. The minimum absolute atomic E-state index is 0.0878. The average molecular weight is 329 g/mol. The second-order valence-electron chi connectivity index (χ2n) is 6.28. The molecule has 0 aromatic carbocycles. The van der Waals surface area contributed by atoms with Crippen molar-refractivity contribution in [2.45, 2.75) is 52.2 Å². The van der Waals surface area contributed by atoms with Crippen molar-refractivity contribution in [1.29, 1.82) is 0 Å². The van der Waals surface area contributed by atoms with Gasteiger partial charge in [-0.05, 0) is 40.3 Å². The van der Waals surface area contributed by atoms with Crippen LogP contribution in [0.1, 0.15) is 40.0 Å². The smallest absolute Gasteiger partial charge is 0.220 e. The highest BCUT2D eigenvalue weighted by Crippen LogP contribution is 2.15. The minimum atomic E-state index is -0.517. The van der Waals surface area contributed by atoms with E-state index in [0.29, 0.717) is 25.9 Å². The molecule has 134 valence electrons. The second kappa shape index (κ2) is 11.1. The maximum atomic E-state index is 11.6. The maximum Gasteiger partial charge on any atom is 0.220 e. The number of rotatable bonds is 12. The van der Waals surface area contributed by atoms with Crippen molar-refractivity contribution in [1.82, 2.24) is 10.2 Å². The van der Waals surface area contributed by atoms with Crippen LogP contribution in [0.25, 0.3) is 0 Å². The molecule has 3 atom stereocenters. The summed E-state index contributed by atoms with van der Waals surface area (Å²) in [7, 11) is 3.90. The number of primary amides is 1. The zero-order chi connectivity index (χ0) is 18.0. The van der Waals surface area contributed by atoms with Gasteiger partial charge in [0.15, 0.2) is 5.78 Å². The molecule has 0 aromatic rings. The fraction of sp³-hybridized carbons (Fsp3) is 0.812. The summed E-state index contributed by atoms with van der Waals surface area (Å²) in [5.74, 6) is -0.983. The van der Waals surface area contributed by atoms with Gasteiger partial charge in [0.25, 0.3) is 0 Å². The third-order valence-corrected chi connectivity index (χ3v) is 3.64. The largest absolute Gasteiger partial charge is 0.377 e. The van der Waals surface area contributed by atoms with Gasteiger partial charge in [0, 0.05) is 19.4 Å². The molecule has 7 heteroatoms.